The molecule has 1 aliphatic rings. The van der Waals surface area contributed by atoms with Crippen molar-refractivity contribution in [2.75, 3.05) is 0 Å². The molecule has 0 radical (unpaired) electrons. The molecule has 2 nitrogen and oxygen atoms in total. The van der Waals surface area contributed by atoms with E-state index >= 15 is 0 Å². The smallest absolute Gasteiger partial charge is 0.218 e. The van der Waals surface area contributed by atoms with Crippen molar-refractivity contribution in [3.63, 3.8) is 0 Å². The highest BCUT2D eigenvalue weighted by Gasteiger charge is 2.29. The summed E-state index contributed by atoms with van der Waals surface area (Å²) in [4.78, 5) is 11.7. The molecule has 4 rings (SSSR count). The average molecular weight is 433 g/mol. The van der Waals surface area contributed by atoms with Crippen molar-refractivity contribution in [2.24, 2.45) is 11.8 Å². The molecule has 0 unspecified atom stereocenters. The van der Waals surface area contributed by atoms with Gasteiger partial charge in [0.2, 0.25) is 11.2 Å². The van der Waals surface area contributed by atoms with Gasteiger partial charge in [-0.3, -0.25) is 0 Å². The quantitative estimate of drug-likeness (QED) is 0.229. The summed E-state index contributed by atoms with van der Waals surface area (Å²) >= 11 is 6.09. The van der Waals surface area contributed by atoms with Crippen molar-refractivity contribution in [3.8, 4) is 5.69 Å². The number of fused-ring (bicyclic) bond motifs is 1. The van der Waals surface area contributed by atoms with Crippen molar-refractivity contribution in [2.45, 2.75) is 51.9 Å². The van der Waals surface area contributed by atoms with Crippen molar-refractivity contribution in [3.05, 3.63) is 83.0 Å². The fraction of sp³-hybridized carbons (Fsp3) is 0.357. The molecule has 0 spiro atoms. The molecular weight excluding hydrogens is 402 g/mol. The van der Waals surface area contributed by atoms with Crippen LogP contribution in [0.5, 0.6) is 0 Å². The van der Waals surface area contributed by atoms with Crippen LogP contribution in [0, 0.1) is 11.8 Å². The number of benzene rings is 2. The standard InChI is InChI=1S/C28H31ClNO/c1-20(2)7-8-23(19-31)21-9-11-22(12-10-21)26-17-18-30(25-15-13-24(29)14-16-25)28-6-4-3-5-27(26)28/h3-7,13-19,21-23H,8-12H2,1-2H3/q+1/t21?,22?,23-/m0/s1. The summed E-state index contributed by atoms with van der Waals surface area (Å²) in [7, 11) is 0. The lowest BCUT2D eigenvalue weighted by atomic mass is 9.73. The molecule has 0 aliphatic heterocycles. The van der Waals surface area contributed by atoms with Gasteiger partial charge in [-0.05, 0) is 81.5 Å². The lowest BCUT2D eigenvalue weighted by Gasteiger charge is -2.32. The van der Waals surface area contributed by atoms with E-state index in [0.717, 1.165) is 42.8 Å². The van der Waals surface area contributed by atoms with Crippen LogP contribution in [0.3, 0.4) is 0 Å². The second-order valence-electron chi connectivity index (χ2n) is 9.06. The number of halogens is 1. The summed E-state index contributed by atoms with van der Waals surface area (Å²) < 4.78 is 2.24. The van der Waals surface area contributed by atoms with E-state index in [0.29, 0.717) is 11.8 Å². The molecule has 1 aromatic heterocycles. The third-order valence-corrected chi connectivity index (χ3v) is 7.02. The number of aromatic nitrogens is 1. The number of aldehydes is 1. The first-order valence-corrected chi connectivity index (χ1v) is 11.7. The molecule has 0 N–H and O–H groups in total. The molecule has 3 aromatic rings. The van der Waals surface area contributed by atoms with Crippen LogP contribution in [0.1, 0.15) is 57.4 Å². The lowest BCUT2D eigenvalue weighted by molar-refractivity contribution is -0.567. The van der Waals surface area contributed by atoms with Gasteiger partial charge in [-0.2, -0.15) is 4.57 Å². The number of hydrogen-bond donors (Lipinski definition) is 0. The van der Waals surface area contributed by atoms with Crippen LogP contribution in [0.2, 0.25) is 5.02 Å². The van der Waals surface area contributed by atoms with Crippen LogP contribution >= 0.6 is 11.6 Å². The average Bonchev–Trinajstić information content (AvgIpc) is 2.80. The van der Waals surface area contributed by atoms with Crippen molar-refractivity contribution in [1.29, 1.82) is 0 Å². The fourth-order valence-electron chi connectivity index (χ4n) is 5.02. The maximum Gasteiger partial charge on any atom is 0.218 e. The topological polar surface area (TPSA) is 20.9 Å². The molecule has 160 valence electrons. The number of carbonyl (C=O) groups excluding carboxylic acids is 1. The van der Waals surface area contributed by atoms with Crippen LogP contribution in [-0.2, 0) is 4.79 Å². The van der Waals surface area contributed by atoms with Gasteiger partial charge in [0, 0.05) is 35.2 Å². The van der Waals surface area contributed by atoms with Gasteiger partial charge in [0.25, 0.3) is 0 Å². The van der Waals surface area contributed by atoms with Gasteiger partial charge >= 0.3 is 0 Å². The van der Waals surface area contributed by atoms with Gasteiger partial charge in [0.1, 0.15) is 6.29 Å². The molecule has 31 heavy (non-hydrogen) atoms. The summed E-state index contributed by atoms with van der Waals surface area (Å²) in [5.41, 5.74) is 5.07. The van der Waals surface area contributed by atoms with E-state index in [1.54, 1.807) is 0 Å². The second kappa shape index (κ2) is 9.78. The van der Waals surface area contributed by atoms with Gasteiger partial charge in [0.05, 0.1) is 5.39 Å². The van der Waals surface area contributed by atoms with Gasteiger partial charge in [-0.1, -0.05) is 35.4 Å². The predicted octanol–water partition coefficient (Wildman–Crippen LogP) is 7.22. The summed E-state index contributed by atoms with van der Waals surface area (Å²) in [6, 6.07) is 19.0. The molecule has 3 heteroatoms. The van der Waals surface area contributed by atoms with Crippen LogP contribution in [0.15, 0.2) is 72.4 Å². The molecule has 1 saturated carbocycles. The molecule has 1 atom stereocenters. The Labute approximate surface area is 190 Å². The number of rotatable bonds is 6. The molecule has 2 aromatic carbocycles. The summed E-state index contributed by atoms with van der Waals surface area (Å²) in [6.07, 6.45) is 11.0. The third-order valence-electron chi connectivity index (χ3n) is 6.77. The first kappa shape index (κ1) is 21.8. The van der Waals surface area contributed by atoms with E-state index in [1.165, 1.54) is 28.3 Å². The number of allylic oxidation sites excluding steroid dienone is 2. The Kier molecular flexibility index (Phi) is 6.87. The van der Waals surface area contributed by atoms with Gasteiger partial charge in [-0.25, -0.2) is 0 Å². The summed E-state index contributed by atoms with van der Waals surface area (Å²) in [6.45, 7) is 4.21. The van der Waals surface area contributed by atoms with Crippen LogP contribution in [0.25, 0.3) is 16.6 Å². The Morgan fingerprint density at radius 2 is 1.74 bits per heavy atom. The Hall–Kier alpha value is -2.45. The van der Waals surface area contributed by atoms with Crippen molar-refractivity contribution >= 4 is 28.8 Å². The van der Waals surface area contributed by atoms with E-state index in [-0.39, 0.29) is 5.92 Å². The summed E-state index contributed by atoms with van der Waals surface area (Å²) in [5, 5.41) is 2.07. The molecule has 1 heterocycles. The minimum absolute atomic E-state index is 0.162. The van der Waals surface area contributed by atoms with E-state index < -0.39 is 0 Å². The van der Waals surface area contributed by atoms with E-state index in [1.807, 2.05) is 12.1 Å². The monoisotopic (exact) mass is 432 g/mol. The minimum Gasteiger partial charge on any atom is -0.303 e. The minimum atomic E-state index is 0.162. The largest absolute Gasteiger partial charge is 0.303 e. The second-order valence-corrected chi connectivity index (χ2v) is 9.50. The number of carbonyl (C=O) groups is 1. The lowest BCUT2D eigenvalue weighted by Crippen LogP contribution is -2.31. The van der Waals surface area contributed by atoms with Gasteiger partial charge in [0.15, 0.2) is 6.20 Å². The van der Waals surface area contributed by atoms with E-state index in [4.69, 9.17) is 11.6 Å². The van der Waals surface area contributed by atoms with Crippen molar-refractivity contribution < 1.29 is 9.36 Å². The first-order valence-electron chi connectivity index (χ1n) is 11.3. The summed E-state index contributed by atoms with van der Waals surface area (Å²) in [5.74, 6) is 1.23. The maximum absolute atomic E-state index is 11.7. The molecular formula is C28H31ClNO+. The fourth-order valence-corrected chi connectivity index (χ4v) is 5.15. The molecule has 0 amide bonds. The zero-order valence-electron chi connectivity index (χ0n) is 18.4. The SMILES string of the molecule is CC(C)=CC[C@@H](C=O)C1CCC(c2cc[n+](-c3ccc(Cl)cc3)c3ccccc23)CC1. The van der Waals surface area contributed by atoms with Crippen LogP contribution in [0.4, 0.5) is 0 Å². The molecule has 1 fully saturated rings. The predicted molar refractivity (Wildman–Crippen MR) is 129 cm³/mol. The Balaban J connectivity index is 1.57. The Bertz CT molecular complexity index is 1070. The van der Waals surface area contributed by atoms with E-state index in [9.17, 15) is 4.79 Å². The third kappa shape index (κ3) is 4.91. The zero-order valence-corrected chi connectivity index (χ0v) is 19.2. The van der Waals surface area contributed by atoms with Gasteiger partial charge in [-0.15, -0.1) is 0 Å². The van der Waals surface area contributed by atoms with Crippen molar-refractivity contribution in [1.82, 2.24) is 0 Å². The Morgan fingerprint density at radius 1 is 1.03 bits per heavy atom. The first-order chi connectivity index (χ1) is 15.1. The van der Waals surface area contributed by atoms with E-state index in [2.05, 4.69) is 73.2 Å². The number of para-hydroxylation sites is 1. The normalized spacial score (nSPS) is 19.7. The number of nitrogens with zero attached hydrogens (tertiary/aromatic N) is 1. The number of pyridine rings is 1. The Morgan fingerprint density at radius 3 is 2.42 bits per heavy atom. The maximum atomic E-state index is 11.7. The van der Waals surface area contributed by atoms with Gasteiger partial charge < -0.3 is 4.79 Å². The molecule has 0 bridgehead atoms. The highest BCUT2D eigenvalue weighted by atomic mass is 35.5. The van der Waals surface area contributed by atoms with Crippen LogP contribution in [-0.4, -0.2) is 6.29 Å². The highest BCUT2D eigenvalue weighted by molar-refractivity contribution is 6.30. The molecule has 1 aliphatic carbocycles. The number of hydrogen-bond acceptors (Lipinski definition) is 1. The molecule has 0 saturated heterocycles. The highest BCUT2D eigenvalue weighted by Crippen LogP contribution is 2.41. The van der Waals surface area contributed by atoms with Crippen LogP contribution < -0.4 is 4.57 Å². The zero-order chi connectivity index (χ0) is 21.8.